The molecule has 0 heterocycles. The molecule has 0 atom stereocenters. The number of hydrogen-bond acceptors (Lipinski definition) is 0. The van der Waals surface area contributed by atoms with Gasteiger partial charge >= 0.3 is 0 Å². The lowest BCUT2D eigenvalue weighted by atomic mass is 10.2. The van der Waals surface area contributed by atoms with Crippen LogP contribution in [0.5, 0.6) is 0 Å². The zero-order chi connectivity index (χ0) is 5.54. The van der Waals surface area contributed by atoms with Crippen LogP contribution in [0.25, 0.3) is 0 Å². The van der Waals surface area contributed by atoms with Crippen molar-refractivity contribution in [3.63, 3.8) is 0 Å². The summed E-state index contributed by atoms with van der Waals surface area (Å²) >= 11 is 0. The lowest BCUT2D eigenvalue weighted by molar-refractivity contribution is -0.275. The van der Waals surface area contributed by atoms with E-state index in [1.165, 1.54) is 19.3 Å². The van der Waals surface area contributed by atoms with Gasteiger partial charge in [-0.15, -0.1) is 0 Å². The molecular formula is C6H14IN. The Morgan fingerprint density at radius 3 is 2.50 bits per heavy atom. The van der Waals surface area contributed by atoms with Crippen LogP contribution in [0.15, 0.2) is 12.3 Å². The quantitative estimate of drug-likeness (QED) is 0.424. The predicted molar refractivity (Wildman–Crippen MR) is 31.6 cm³/mol. The maximum absolute atomic E-state index is 3.58. The average molecular weight is 227 g/mol. The van der Waals surface area contributed by atoms with Gasteiger partial charge in [-0.3, -0.25) is 0 Å². The fourth-order valence-corrected chi connectivity index (χ4v) is 0.440. The SMILES string of the molecule is CCCC/C=C/[NH3+].[I-]. The molecule has 2 heteroatoms. The first-order valence-electron chi connectivity index (χ1n) is 2.86. The van der Waals surface area contributed by atoms with Gasteiger partial charge in [0.2, 0.25) is 0 Å². The second kappa shape index (κ2) is 10.4. The standard InChI is InChI=1S/C6H13N.HI/c1-2-3-4-5-6-7;/h5-6H,2-4,7H2,1H3;1H/b6-5+;. The van der Waals surface area contributed by atoms with Gasteiger partial charge in [0.1, 0.15) is 0 Å². The second-order valence-corrected chi connectivity index (χ2v) is 1.61. The van der Waals surface area contributed by atoms with Gasteiger partial charge in [0, 0.05) is 0 Å². The van der Waals surface area contributed by atoms with Crippen molar-refractivity contribution in [2.75, 3.05) is 0 Å². The molecule has 0 fully saturated rings. The Balaban J connectivity index is 0. The smallest absolute Gasteiger partial charge is 0.0868 e. The molecule has 0 unspecified atom stereocenters. The van der Waals surface area contributed by atoms with Crippen LogP contribution < -0.4 is 29.7 Å². The van der Waals surface area contributed by atoms with E-state index in [1.54, 1.807) is 0 Å². The largest absolute Gasteiger partial charge is 1.00 e. The summed E-state index contributed by atoms with van der Waals surface area (Å²) in [7, 11) is 0. The molecule has 50 valence electrons. The highest BCUT2D eigenvalue weighted by molar-refractivity contribution is 4.68. The number of quaternary nitrogens is 1. The lowest BCUT2D eigenvalue weighted by Gasteiger charge is -1.82. The molecule has 0 rings (SSSR count). The van der Waals surface area contributed by atoms with Gasteiger partial charge < -0.3 is 29.7 Å². The molecule has 3 N–H and O–H groups in total. The Morgan fingerprint density at radius 1 is 1.50 bits per heavy atom. The van der Waals surface area contributed by atoms with Crippen molar-refractivity contribution < 1.29 is 29.7 Å². The minimum atomic E-state index is 0. The van der Waals surface area contributed by atoms with E-state index in [9.17, 15) is 0 Å². The molecule has 8 heavy (non-hydrogen) atoms. The summed E-state index contributed by atoms with van der Waals surface area (Å²) in [6.07, 6.45) is 7.73. The molecule has 0 aliphatic rings. The number of rotatable bonds is 3. The average Bonchev–Trinajstić information content (AvgIpc) is 1.69. The van der Waals surface area contributed by atoms with Crippen LogP contribution in [0.1, 0.15) is 26.2 Å². The Morgan fingerprint density at radius 2 is 2.12 bits per heavy atom. The maximum atomic E-state index is 3.58. The van der Waals surface area contributed by atoms with Crippen molar-refractivity contribution in [3.05, 3.63) is 12.3 Å². The molecule has 0 aromatic heterocycles. The molecular weight excluding hydrogens is 213 g/mol. The molecule has 0 bridgehead atoms. The van der Waals surface area contributed by atoms with Crippen LogP contribution in [-0.2, 0) is 0 Å². The minimum absolute atomic E-state index is 0. The van der Waals surface area contributed by atoms with Gasteiger partial charge in [0.15, 0.2) is 0 Å². The van der Waals surface area contributed by atoms with Crippen molar-refractivity contribution >= 4 is 0 Å². The molecule has 0 aliphatic heterocycles. The number of allylic oxidation sites excluding steroid dienone is 1. The van der Waals surface area contributed by atoms with Crippen molar-refractivity contribution in [3.8, 4) is 0 Å². The summed E-state index contributed by atoms with van der Waals surface area (Å²) in [6.45, 7) is 2.19. The molecule has 0 aliphatic carbocycles. The van der Waals surface area contributed by atoms with E-state index >= 15 is 0 Å². The highest BCUT2D eigenvalue weighted by Crippen LogP contribution is 1.92. The number of halogens is 1. The number of unbranched alkanes of at least 4 members (excludes halogenated alkanes) is 2. The van der Waals surface area contributed by atoms with Crippen LogP contribution in [-0.4, -0.2) is 0 Å². The normalized spacial score (nSPS) is 9.25. The summed E-state index contributed by atoms with van der Waals surface area (Å²) in [5.41, 5.74) is 3.58. The summed E-state index contributed by atoms with van der Waals surface area (Å²) in [6, 6.07) is 0. The van der Waals surface area contributed by atoms with E-state index in [0.717, 1.165) is 0 Å². The van der Waals surface area contributed by atoms with Crippen molar-refractivity contribution in [2.45, 2.75) is 26.2 Å². The van der Waals surface area contributed by atoms with Gasteiger partial charge in [-0.2, -0.15) is 0 Å². The van der Waals surface area contributed by atoms with E-state index < -0.39 is 0 Å². The number of hydrogen-bond donors (Lipinski definition) is 1. The van der Waals surface area contributed by atoms with E-state index in [0.29, 0.717) is 0 Å². The maximum Gasteiger partial charge on any atom is 0.0868 e. The Bertz CT molecular complexity index is 52.5. The molecule has 0 amide bonds. The third-order valence-corrected chi connectivity index (χ3v) is 0.891. The zero-order valence-corrected chi connectivity index (χ0v) is 7.52. The first-order chi connectivity index (χ1) is 3.41. The summed E-state index contributed by atoms with van der Waals surface area (Å²) in [4.78, 5) is 0. The van der Waals surface area contributed by atoms with E-state index in [4.69, 9.17) is 0 Å². The fourth-order valence-electron chi connectivity index (χ4n) is 0.440. The monoisotopic (exact) mass is 227 g/mol. The molecule has 0 saturated carbocycles. The molecule has 1 nitrogen and oxygen atoms in total. The molecule has 0 aromatic carbocycles. The molecule has 0 saturated heterocycles. The third kappa shape index (κ3) is 9.66. The predicted octanol–water partition coefficient (Wildman–Crippen LogP) is -2.06. The van der Waals surface area contributed by atoms with Gasteiger partial charge in [-0.05, 0) is 18.9 Å². The Hall–Kier alpha value is 0.430. The topological polar surface area (TPSA) is 27.6 Å². The van der Waals surface area contributed by atoms with Gasteiger partial charge in [0.25, 0.3) is 0 Å². The highest BCUT2D eigenvalue weighted by Gasteiger charge is 1.74. The summed E-state index contributed by atoms with van der Waals surface area (Å²) in [5, 5.41) is 0. The minimum Gasteiger partial charge on any atom is -1.00 e. The highest BCUT2D eigenvalue weighted by atomic mass is 127. The summed E-state index contributed by atoms with van der Waals surface area (Å²) < 4.78 is 0. The Labute approximate surface area is 68.4 Å². The van der Waals surface area contributed by atoms with E-state index in [1.807, 2.05) is 6.20 Å². The lowest BCUT2D eigenvalue weighted by Crippen LogP contribution is -3.00. The van der Waals surface area contributed by atoms with Gasteiger partial charge in [-0.1, -0.05) is 13.3 Å². The van der Waals surface area contributed by atoms with E-state index in [2.05, 4.69) is 18.7 Å². The van der Waals surface area contributed by atoms with Crippen LogP contribution in [0.3, 0.4) is 0 Å². The second-order valence-electron chi connectivity index (χ2n) is 1.61. The Kier molecular flexibility index (Phi) is 14.7. The first kappa shape index (κ1) is 11.3. The molecule has 0 aromatic rings. The fraction of sp³-hybridized carbons (Fsp3) is 0.667. The first-order valence-corrected chi connectivity index (χ1v) is 2.86. The third-order valence-electron chi connectivity index (χ3n) is 0.891. The van der Waals surface area contributed by atoms with Crippen LogP contribution in [0.2, 0.25) is 0 Å². The van der Waals surface area contributed by atoms with Gasteiger partial charge in [0.05, 0.1) is 6.20 Å². The van der Waals surface area contributed by atoms with Crippen LogP contribution in [0.4, 0.5) is 0 Å². The van der Waals surface area contributed by atoms with E-state index in [-0.39, 0.29) is 24.0 Å². The zero-order valence-electron chi connectivity index (χ0n) is 5.36. The van der Waals surface area contributed by atoms with Crippen molar-refractivity contribution in [1.29, 1.82) is 0 Å². The van der Waals surface area contributed by atoms with Crippen molar-refractivity contribution in [1.82, 2.24) is 0 Å². The van der Waals surface area contributed by atoms with Crippen LogP contribution >= 0.6 is 0 Å². The summed E-state index contributed by atoms with van der Waals surface area (Å²) in [5.74, 6) is 0. The van der Waals surface area contributed by atoms with Gasteiger partial charge in [-0.25, -0.2) is 0 Å². The molecule has 0 spiro atoms. The van der Waals surface area contributed by atoms with Crippen LogP contribution in [0, 0.1) is 0 Å². The van der Waals surface area contributed by atoms with Crippen molar-refractivity contribution in [2.24, 2.45) is 0 Å². The molecule has 0 radical (unpaired) electrons.